The van der Waals surface area contributed by atoms with Crippen molar-refractivity contribution in [2.75, 3.05) is 13.1 Å². The Morgan fingerprint density at radius 2 is 2.19 bits per heavy atom. The normalized spacial score (nSPS) is 21.9. The van der Waals surface area contributed by atoms with E-state index < -0.39 is 0 Å². The first-order chi connectivity index (χ1) is 10.2. The number of hydrogen-bond donors (Lipinski definition) is 2. The number of piperidine rings is 1. The molecule has 1 saturated heterocycles. The second-order valence-electron chi connectivity index (χ2n) is 5.81. The molecule has 1 atom stereocenters. The van der Waals surface area contributed by atoms with Crippen LogP contribution in [-0.4, -0.2) is 36.0 Å². The molecule has 0 radical (unpaired) electrons. The largest absolute Gasteiger partial charge is 0.467 e. The fraction of sp³-hybridized carbons (Fsp3) is 0.600. The molecule has 1 unspecified atom stereocenters. The Balaban J connectivity index is 1.47. The lowest BCUT2D eigenvalue weighted by Gasteiger charge is -2.32. The highest BCUT2D eigenvalue weighted by molar-refractivity contribution is 5.81. The van der Waals surface area contributed by atoms with Gasteiger partial charge in [0.2, 0.25) is 5.91 Å². The first-order valence-electron chi connectivity index (χ1n) is 7.58. The topological polar surface area (TPSA) is 74.6 Å². The van der Waals surface area contributed by atoms with E-state index in [4.69, 9.17) is 4.42 Å². The summed E-state index contributed by atoms with van der Waals surface area (Å²) in [5, 5.41) is 5.85. The van der Waals surface area contributed by atoms with Gasteiger partial charge >= 0.3 is 6.03 Å². The van der Waals surface area contributed by atoms with Crippen LogP contribution in [0.1, 0.15) is 31.4 Å². The van der Waals surface area contributed by atoms with Crippen molar-refractivity contribution in [2.45, 2.75) is 38.3 Å². The second-order valence-corrected chi connectivity index (χ2v) is 5.81. The van der Waals surface area contributed by atoms with Crippen LogP contribution in [0.2, 0.25) is 0 Å². The monoisotopic (exact) mass is 291 g/mol. The molecular formula is C15H21N3O3. The van der Waals surface area contributed by atoms with Gasteiger partial charge in [0.25, 0.3) is 0 Å². The van der Waals surface area contributed by atoms with Crippen LogP contribution in [0.4, 0.5) is 4.79 Å². The minimum Gasteiger partial charge on any atom is -0.467 e. The van der Waals surface area contributed by atoms with Gasteiger partial charge in [0.15, 0.2) is 0 Å². The van der Waals surface area contributed by atoms with E-state index in [1.165, 1.54) is 0 Å². The molecule has 0 aromatic carbocycles. The van der Waals surface area contributed by atoms with Crippen molar-refractivity contribution >= 4 is 11.9 Å². The summed E-state index contributed by atoms with van der Waals surface area (Å²) in [5.41, 5.74) is 0. The standard InChI is InChI=1S/C15H21N3O3/c19-14(16-9-13-4-2-8-21-13)11-3-1-7-18(10-11)15(20)17-12-5-6-12/h2,4,8,11-12H,1,3,5-7,9-10H2,(H,16,19)(H,17,20). The van der Waals surface area contributed by atoms with Crippen LogP contribution in [0, 0.1) is 5.92 Å². The summed E-state index contributed by atoms with van der Waals surface area (Å²) in [4.78, 5) is 26.0. The predicted molar refractivity (Wildman–Crippen MR) is 76.4 cm³/mol. The quantitative estimate of drug-likeness (QED) is 0.882. The van der Waals surface area contributed by atoms with Crippen LogP contribution in [0.15, 0.2) is 22.8 Å². The molecular weight excluding hydrogens is 270 g/mol. The molecule has 1 saturated carbocycles. The maximum Gasteiger partial charge on any atom is 0.317 e. The lowest BCUT2D eigenvalue weighted by atomic mass is 9.97. The number of rotatable bonds is 4. The molecule has 1 aromatic rings. The van der Waals surface area contributed by atoms with Gasteiger partial charge in [-0.15, -0.1) is 0 Å². The predicted octanol–water partition coefficient (Wildman–Crippen LogP) is 1.48. The first kappa shape index (κ1) is 14.0. The molecule has 114 valence electrons. The van der Waals surface area contributed by atoms with Crippen molar-refractivity contribution in [3.05, 3.63) is 24.2 Å². The van der Waals surface area contributed by atoms with Crippen LogP contribution in [0.25, 0.3) is 0 Å². The summed E-state index contributed by atoms with van der Waals surface area (Å²) in [7, 11) is 0. The van der Waals surface area contributed by atoms with Gasteiger partial charge in [-0.05, 0) is 37.8 Å². The number of carbonyl (C=O) groups excluding carboxylic acids is 2. The van der Waals surface area contributed by atoms with E-state index in [-0.39, 0.29) is 17.9 Å². The van der Waals surface area contributed by atoms with Gasteiger partial charge in [0, 0.05) is 19.1 Å². The van der Waals surface area contributed by atoms with E-state index >= 15 is 0 Å². The van der Waals surface area contributed by atoms with Crippen LogP contribution >= 0.6 is 0 Å². The van der Waals surface area contributed by atoms with Crippen molar-refractivity contribution < 1.29 is 14.0 Å². The van der Waals surface area contributed by atoms with Gasteiger partial charge in [-0.1, -0.05) is 0 Å². The number of amides is 3. The first-order valence-corrected chi connectivity index (χ1v) is 7.58. The van der Waals surface area contributed by atoms with Crippen LogP contribution in [-0.2, 0) is 11.3 Å². The molecule has 2 fully saturated rings. The Labute approximate surface area is 123 Å². The minimum atomic E-state index is -0.126. The van der Waals surface area contributed by atoms with E-state index in [1.807, 2.05) is 6.07 Å². The van der Waals surface area contributed by atoms with Gasteiger partial charge in [-0.3, -0.25) is 4.79 Å². The second kappa shape index (κ2) is 6.20. The summed E-state index contributed by atoms with van der Waals surface area (Å²) >= 11 is 0. The molecule has 3 rings (SSSR count). The van der Waals surface area contributed by atoms with Gasteiger partial charge < -0.3 is 20.0 Å². The fourth-order valence-electron chi connectivity index (χ4n) is 2.60. The molecule has 6 nitrogen and oxygen atoms in total. The zero-order chi connectivity index (χ0) is 14.7. The highest BCUT2D eigenvalue weighted by Gasteiger charge is 2.31. The molecule has 1 aromatic heterocycles. The highest BCUT2D eigenvalue weighted by atomic mass is 16.3. The number of furan rings is 1. The van der Waals surface area contributed by atoms with E-state index in [1.54, 1.807) is 17.2 Å². The molecule has 1 aliphatic carbocycles. The Morgan fingerprint density at radius 3 is 2.90 bits per heavy atom. The Bertz CT molecular complexity index is 496. The van der Waals surface area contributed by atoms with Gasteiger partial charge in [-0.2, -0.15) is 0 Å². The van der Waals surface area contributed by atoms with E-state index in [0.29, 0.717) is 19.1 Å². The molecule has 3 amide bonds. The van der Waals surface area contributed by atoms with E-state index in [0.717, 1.165) is 38.0 Å². The van der Waals surface area contributed by atoms with Crippen molar-refractivity contribution in [2.24, 2.45) is 5.92 Å². The zero-order valence-corrected chi connectivity index (χ0v) is 12.0. The molecule has 2 aliphatic rings. The number of carbonyl (C=O) groups is 2. The van der Waals surface area contributed by atoms with Crippen LogP contribution in [0.5, 0.6) is 0 Å². The van der Waals surface area contributed by atoms with Crippen LogP contribution in [0.3, 0.4) is 0 Å². The number of urea groups is 1. The van der Waals surface area contributed by atoms with Crippen molar-refractivity contribution in [3.63, 3.8) is 0 Å². The highest BCUT2D eigenvalue weighted by Crippen LogP contribution is 2.21. The van der Waals surface area contributed by atoms with Gasteiger partial charge in [0.1, 0.15) is 5.76 Å². The van der Waals surface area contributed by atoms with Gasteiger partial charge in [0.05, 0.1) is 18.7 Å². The van der Waals surface area contributed by atoms with Crippen molar-refractivity contribution in [1.29, 1.82) is 0 Å². The zero-order valence-electron chi connectivity index (χ0n) is 12.0. The molecule has 2 heterocycles. The fourth-order valence-corrected chi connectivity index (χ4v) is 2.60. The number of nitrogens with one attached hydrogen (secondary N) is 2. The molecule has 0 spiro atoms. The third-order valence-electron chi connectivity index (χ3n) is 4.00. The van der Waals surface area contributed by atoms with E-state index in [2.05, 4.69) is 10.6 Å². The third-order valence-corrected chi connectivity index (χ3v) is 4.00. The minimum absolute atomic E-state index is 0.00433. The Hall–Kier alpha value is -1.98. The average Bonchev–Trinajstić information content (AvgIpc) is 3.16. The number of likely N-dealkylation sites (tertiary alicyclic amines) is 1. The lowest BCUT2D eigenvalue weighted by molar-refractivity contribution is -0.126. The molecule has 2 N–H and O–H groups in total. The average molecular weight is 291 g/mol. The summed E-state index contributed by atoms with van der Waals surface area (Å²) in [6.45, 7) is 1.64. The molecule has 6 heteroatoms. The SMILES string of the molecule is O=C(NCc1ccco1)C1CCCN(C(=O)NC2CC2)C1. The summed E-state index contributed by atoms with van der Waals surface area (Å²) in [6, 6.07) is 3.95. The van der Waals surface area contributed by atoms with Gasteiger partial charge in [-0.25, -0.2) is 4.79 Å². The lowest BCUT2D eigenvalue weighted by Crippen LogP contribution is -2.49. The van der Waals surface area contributed by atoms with Crippen LogP contribution < -0.4 is 10.6 Å². The molecule has 0 bridgehead atoms. The number of hydrogen-bond acceptors (Lipinski definition) is 3. The summed E-state index contributed by atoms with van der Waals surface area (Å²) < 4.78 is 5.19. The maximum atomic E-state index is 12.2. The molecule has 1 aliphatic heterocycles. The van der Waals surface area contributed by atoms with Crippen molar-refractivity contribution in [1.82, 2.24) is 15.5 Å². The molecule has 21 heavy (non-hydrogen) atoms. The van der Waals surface area contributed by atoms with Crippen molar-refractivity contribution in [3.8, 4) is 0 Å². The summed E-state index contributed by atoms with van der Waals surface area (Å²) in [5.74, 6) is 0.608. The smallest absolute Gasteiger partial charge is 0.317 e. The van der Waals surface area contributed by atoms with E-state index in [9.17, 15) is 9.59 Å². The maximum absolute atomic E-state index is 12.2. The Morgan fingerprint density at radius 1 is 1.33 bits per heavy atom. The third kappa shape index (κ3) is 3.77. The summed E-state index contributed by atoms with van der Waals surface area (Å²) in [6.07, 6.45) is 5.44. The Kier molecular flexibility index (Phi) is 4.13. The number of nitrogens with zero attached hydrogens (tertiary/aromatic N) is 1.